The summed E-state index contributed by atoms with van der Waals surface area (Å²) < 4.78 is 1.36. The van der Waals surface area contributed by atoms with Crippen molar-refractivity contribution in [3.8, 4) is 0 Å². The number of amides is 1. The van der Waals surface area contributed by atoms with Gasteiger partial charge in [-0.1, -0.05) is 47.0 Å². The van der Waals surface area contributed by atoms with E-state index in [-0.39, 0.29) is 17.4 Å². The summed E-state index contributed by atoms with van der Waals surface area (Å²) in [5.74, 6) is 0.351. The Kier molecular flexibility index (Phi) is 9.16. The molecule has 0 unspecified atom stereocenters. The first-order chi connectivity index (χ1) is 12.3. The van der Waals surface area contributed by atoms with Crippen LogP contribution in [0.5, 0.6) is 0 Å². The maximum Gasteiger partial charge on any atom is 0.330 e. The lowest BCUT2D eigenvalue weighted by atomic mass is 10.1. The molecule has 0 saturated heterocycles. The minimum atomic E-state index is -0.590. The molecule has 0 saturated carbocycles. The van der Waals surface area contributed by atoms with Crippen LogP contribution >= 0.6 is 0 Å². The number of carbonyl (C=O) groups is 1. The topological polar surface area (TPSA) is 101 Å². The van der Waals surface area contributed by atoms with E-state index < -0.39 is 11.2 Å². The fourth-order valence-corrected chi connectivity index (χ4v) is 2.79. The number of aromatic nitrogens is 2. The Bertz CT molecular complexity index is 691. The first-order valence-corrected chi connectivity index (χ1v) is 9.76. The lowest BCUT2D eigenvalue weighted by Crippen LogP contribution is -2.41. The van der Waals surface area contributed by atoms with Crippen molar-refractivity contribution in [2.75, 3.05) is 17.2 Å². The average molecular weight is 367 g/mol. The van der Waals surface area contributed by atoms with Crippen molar-refractivity contribution in [3.63, 3.8) is 0 Å². The number of hydrogen-bond donors (Lipinski definition) is 2. The molecule has 0 aromatic carbocycles. The van der Waals surface area contributed by atoms with Crippen molar-refractivity contribution in [2.45, 2.75) is 79.2 Å². The van der Waals surface area contributed by atoms with Gasteiger partial charge in [0, 0.05) is 19.5 Å². The molecule has 26 heavy (non-hydrogen) atoms. The Morgan fingerprint density at radius 2 is 1.81 bits per heavy atom. The third kappa shape index (κ3) is 6.04. The van der Waals surface area contributed by atoms with E-state index in [1.165, 1.54) is 9.47 Å². The molecule has 0 aliphatic heterocycles. The molecular formula is C19H34N4O3. The summed E-state index contributed by atoms with van der Waals surface area (Å²) >= 11 is 0. The molecule has 1 heterocycles. The predicted molar refractivity (Wildman–Crippen MR) is 107 cm³/mol. The van der Waals surface area contributed by atoms with Crippen LogP contribution in [0.1, 0.15) is 72.6 Å². The van der Waals surface area contributed by atoms with Gasteiger partial charge >= 0.3 is 5.69 Å². The zero-order valence-electron chi connectivity index (χ0n) is 16.6. The van der Waals surface area contributed by atoms with Gasteiger partial charge < -0.3 is 10.6 Å². The van der Waals surface area contributed by atoms with Crippen molar-refractivity contribution < 1.29 is 4.79 Å². The molecule has 0 fully saturated rings. The van der Waals surface area contributed by atoms with Crippen LogP contribution in [0.25, 0.3) is 0 Å². The van der Waals surface area contributed by atoms with Gasteiger partial charge in [0.15, 0.2) is 5.69 Å². The van der Waals surface area contributed by atoms with Gasteiger partial charge in [0.05, 0.1) is 0 Å². The maximum atomic E-state index is 12.8. The molecule has 1 aromatic heterocycles. The summed E-state index contributed by atoms with van der Waals surface area (Å²) in [5.41, 5.74) is 5.18. The number of unbranched alkanes of at least 4 members (excludes halogenated alkanes) is 3. The second-order valence-electron chi connectivity index (χ2n) is 7.18. The van der Waals surface area contributed by atoms with Crippen LogP contribution in [-0.2, 0) is 11.3 Å². The molecule has 0 bridgehead atoms. The molecule has 148 valence electrons. The summed E-state index contributed by atoms with van der Waals surface area (Å²) in [6.07, 6.45) is 5.56. The van der Waals surface area contributed by atoms with Crippen LogP contribution in [-0.4, -0.2) is 22.0 Å². The second-order valence-corrected chi connectivity index (χ2v) is 7.18. The number of hydrogen-bond acceptors (Lipinski definition) is 4. The molecule has 0 aliphatic carbocycles. The van der Waals surface area contributed by atoms with Gasteiger partial charge in [-0.05, 0) is 25.2 Å². The molecule has 0 atom stereocenters. The van der Waals surface area contributed by atoms with Crippen molar-refractivity contribution in [3.05, 3.63) is 20.8 Å². The molecule has 0 radical (unpaired) electrons. The van der Waals surface area contributed by atoms with Crippen LogP contribution in [0.4, 0.5) is 11.5 Å². The molecule has 7 nitrogen and oxygen atoms in total. The van der Waals surface area contributed by atoms with E-state index in [0.29, 0.717) is 25.4 Å². The van der Waals surface area contributed by atoms with Gasteiger partial charge in [-0.15, -0.1) is 0 Å². The van der Waals surface area contributed by atoms with E-state index in [1.807, 2.05) is 6.92 Å². The Balaban J connectivity index is 3.28. The van der Waals surface area contributed by atoms with E-state index >= 15 is 0 Å². The van der Waals surface area contributed by atoms with Crippen LogP contribution in [0, 0.1) is 5.92 Å². The maximum absolute atomic E-state index is 12.8. The zero-order valence-corrected chi connectivity index (χ0v) is 16.6. The van der Waals surface area contributed by atoms with Gasteiger partial charge in [-0.3, -0.25) is 19.1 Å². The normalized spacial score (nSPS) is 11.1. The number of aromatic amines is 1. The van der Waals surface area contributed by atoms with Crippen molar-refractivity contribution in [1.82, 2.24) is 9.55 Å². The second kappa shape index (κ2) is 10.8. The van der Waals surface area contributed by atoms with Gasteiger partial charge in [-0.2, -0.15) is 0 Å². The van der Waals surface area contributed by atoms with E-state index in [4.69, 9.17) is 5.73 Å². The van der Waals surface area contributed by atoms with Gasteiger partial charge in [0.2, 0.25) is 5.91 Å². The van der Waals surface area contributed by atoms with Crippen molar-refractivity contribution >= 4 is 17.4 Å². The minimum Gasteiger partial charge on any atom is -0.383 e. The number of rotatable bonds is 11. The average Bonchev–Trinajstić information content (AvgIpc) is 2.57. The number of carbonyl (C=O) groups excluding carboxylic acids is 1. The van der Waals surface area contributed by atoms with Crippen molar-refractivity contribution in [1.29, 1.82) is 0 Å². The zero-order chi connectivity index (χ0) is 19.7. The first kappa shape index (κ1) is 22.0. The van der Waals surface area contributed by atoms with E-state index in [1.54, 1.807) is 0 Å². The Morgan fingerprint density at radius 1 is 1.15 bits per heavy atom. The van der Waals surface area contributed by atoms with Gasteiger partial charge in [0.1, 0.15) is 5.82 Å². The minimum absolute atomic E-state index is 0.0831. The lowest BCUT2D eigenvalue weighted by molar-refractivity contribution is -0.118. The lowest BCUT2D eigenvalue weighted by Gasteiger charge is -2.25. The van der Waals surface area contributed by atoms with E-state index in [2.05, 4.69) is 25.8 Å². The first-order valence-electron chi connectivity index (χ1n) is 9.76. The summed E-state index contributed by atoms with van der Waals surface area (Å²) in [7, 11) is 0. The fourth-order valence-electron chi connectivity index (χ4n) is 2.79. The number of nitrogens with two attached hydrogens (primary N) is 1. The van der Waals surface area contributed by atoms with Crippen LogP contribution in [0.3, 0.4) is 0 Å². The Hall–Kier alpha value is -2.05. The smallest absolute Gasteiger partial charge is 0.330 e. The number of nitrogens with one attached hydrogen (secondary N) is 1. The predicted octanol–water partition coefficient (Wildman–Crippen LogP) is 2.88. The highest BCUT2D eigenvalue weighted by Gasteiger charge is 2.23. The summed E-state index contributed by atoms with van der Waals surface area (Å²) in [5, 5.41) is 0. The van der Waals surface area contributed by atoms with E-state index in [0.717, 1.165) is 38.5 Å². The molecule has 7 heteroatoms. The largest absolute Gasteiger partial charge is 0.383 e. The molecule has 1 aromatic rings. The summed E-state index contributed by atoms with van der Waals surface area (Å²) in [6.45, 7) is 9.06. The molecule has 1 amide bonds. The number of H-pyrrole nitrogens is 1. The fraction of sp³-hybridized carbons (Fsp3) is 0.737. The SMILES string of the molecule is CCCCCC(=O)N(CCC(C)C)c1c(N)n(CCCC)c(=O)[nH]c1=O. The third-order valence-electron chi connectivity index (χ3n) is 4.44. The number of nitrogens with zero attached hydrogens (tertiary/aromatic N) is 2. The number of anilines is 2. The summed E-state index contributed by atoms with van der Waals surface area (Å²) in [6, 6.07) is 0. The highest BCUT2D eigenvalue weighted by molar-refractivity contribution is 5.95. The highest BCUT2D eigenvalue weighted by atomic mass is 16.2. The monoisotopic (exact) mass is 366 g/mol. The molecule has 0 aliphatic rings. The quantitative estimate of drug-likeness (QED) is 0.588. The van der Waals surface area contributed by atoms with Crippen LogP contribution in [0.2, 0.25) is 0 Å². The molecule has 1 rings (SSSR count). The van der Waals surface area contributed by atoms with Gasteiger partial charge in [0.25, 0.3) is 5.56 Å². The molecule has 0 spiro atoms. The number of nitrogen functional groups attached to an aromatic ring is 1. The van der Waals surface area contributed by atoms with Gasteiger partial charge in [-0.25, -0.2) is 4.79 Å². The third-order valence-corrected chi connectivity index (χ3v) is 4.44. The van der Waals surface area contributed by atoms with Crippen molar-refractivity contribution in [2.24, 2.45) is 5.92 Å². The standard InChI is InChI=1S/C19H34N4O3/c1-5-7-9-10-15(24)22(13-11-14(3)4)16-17(20)23(12-8-6-2)19(26)21-18(16)25/h14H,5-13,20H2,1-4H3,(H,21,25,26). The Labute approximate surface area is 155 Å². The summed E-state index contributed by atoms with van der Waals surface area (Å²) in [4.78, 5) is 41.2. The van der Waals surface area contributed by atoms with Crippen LogP contribution < -0.4 is 21.9 Å². The van der Waals surface area contributed by atoms with E-state index in [9.17, 15) is 14.4 Å². The van der Waals surface area contributed by atoms with Crippen LogP contribution in [0.15, 0.2) is 9.59 Å². The highest BCUT2D eigenvalue weighted by Crippen LogP contribution is 2.20. The Morgan fingerprint density at radius 3 is 2.38 bits per heavy atom. The molecule has 3 N–H and O–H groups in total. The molecular weight excluding hydrogens is 332 g/mol.